The van der Waals surface area contributed by atoms with E-state index in [-0.39, 0.29) is 17.9 Å². The number of carboxylic acids is 1. The first kappa shape index (κ1) is 16.4. The van der Waals surface area contributed by atoms with E-state index < -0.39 is 11.9 Å². The number of benzene rings is 2. The quantitative estimate of drug-likeness (QED) is 0.856. The second-order valence-electron chi connectivity index (χ2n) is 4.84. The van der Waals surface area contributed by atoms with Crippen LogP contribution in [0, 0.1) is 6.92 Å². The fourth-order valence-electron chi connectivity index (χ4n) is 2.02. The molecule has 0 spiro atoms. The van der Waals surface area contributed by atoms with Crippen molar-refractivity contribution in [2.75, 3.05) is 19.0 Å². The van der Waals surface area contributed by atoms with Gasteiger partial charge in [0, 0.05) is 0 Å². The Morgan fingerprint density at radius 2 is 1.87 bits per heavy atom. The molecule has 0 heterocycles. The maximum Gasteiger partial charge on any atom is 0.339 e. The zero-order valence-electron chi connectivity index (χ0n) is 12.8. The molecule has 0 aromatic heterocycles. The maximum atomic E-state index is 12.0. The van der Waals surface area contributed by atoms with Crippen LogP contribution in [0.5, 0.6) is 11.5 Å². The molecule has 0 fully saturated rings. The Balaban J connectivity index is 2.04. The van der Waals surface area contributed by atoms with E-state index in [1.807, 2.05) is 13.0 Å². The number of nitrogens with one attached hydrogen (secondary N) is 1. The van der Waals surface area contributed by atoms with Crippen LogP contribution < -0.4 is 14.8 Å². The Hall–Kier alpha value is -3.02. The number of rotatable bonds is 6. The molecule has 2 aromatic carbocycles. The first-order chi connectivity index (χ1) is 11.0. The molecule has 0 atom stereocenters. The van der Waals surface area contributed by atoms with Crippen molar-refractivity contribution >= 4 is 17.6 Å². The SMILES string of the molecule is COc1ccc(C)cc1NC(=O)COc1ccccc1C(=O)O. The monoisotopic (exact) mass is 315 g/mol. The minimum Gasteiger partial charge on any atom is -0.495 e. The van der Waals surface area contributed by atoms with Gasteiger partial charge >= 0.3 is 5.97 Å². The highest BCUT2D eigenvalue weighted by Crippen LogP contribution is 2.25. The minimum absolute atomic E-state index is 0.00781. The van der Waals surface area contributed by atoms with Gasteiger partial charge in [-0.05, 0) is 36.8 Å². The number of hydrogen-bond acceptors (Lipinski definition) is 4. The number of aromatic carboxylic acids is 1. The van der Waals surface area contributed by atoms with E-state index in [0.29, 0.717) is 11.4 Å². The summed E-state index contributed by atoms with van der Waals surface area (Å²) in [5, 5.41) is 11.8. The Morgan fingerprint density at radius 3 is 2.57 bits per heavy atom. The molecule has 2 N–H and O–H groups in total. The van der Waals surface area contributed by atoms with E-state index in [1.165, 1.54) is 19.2 Å². The lowest BCUT2D eigenvalue weighted by atomic mass is 10.2. The lowest BCUT2D eigenvalue weighted by Crippen LogP contribution is -2.21. The van der Waals surface area contributed by atoms with E-state index >= 15 is 0 Å². The van der Waals surface area contributed by atoms with Gasteiger partial charge in [-0.1, -0.05) is 18.2 Å². The van der Waals surface area contributed by atoms with Crippen LogP contribution in [-0.4, -0.2) is 30.7 Å². The van der Waals surface area contributed by atoms with Crippen molar-refractivity contribution in [2.24, 2.45) is 0 Å². The summed E-state index contributed by atoms with van der Waals surface area (Å²) in [4.78, 5) is 23.1. The number of ether oxygens (including phenoxy) is 2. The summed E-state index contributed by atoms with van der Waals surface area (Å²) in [5.74, 6) is -0.836. The number of carbonyl (C=O) groups excluding carboxylic acids is 1. The molecule has 0 bridgehead atoms. The Kier molecular flexibility index (Phi) is 5.19. The van der Waals surface area contributed by atoms with Crippen LogP contribution in [-0.2, 0) is 4.79 Å². The molecule has 0 saturated heterocycles. The molecule has 0 radical (unpaired) electrons. The summed E-state index contributed by atoms with van der Waals surface area (Å²) in [6.45, 7) is 1.59. The van der Waals surface area contributed by atoms with E-state index in [9.17, 15) is 9.59 Å². The lowest BCUT2D eigenvalue weighted by Gasteiger charge is -2.12. The summed E-state index contributed by atoms with van der Waals surface area (Å²) < 4.78 is 10.5. The van der Waals surface area contributed by atoms with Crippen molar-refractivity contribution in [1.82, 2.24) is 0 Å². The second-order valence-corrected chi connectivity index (χ2v) is 4.84. The van der Waals surface area contributed by atoms with Crippen LogP contribution in [0.1, 0.15) is 15.9 Å². The van der Waals surface area contributed by atoms with Crippen LogP contribution in [0.2, 0.25) is 0 Å². The standard InChI is InChI=1S/C17H17NO5/c1-11-7-8-15(22-2)13(9-11)18-16(19)10-23-14-6-4-3-5-12(14)17(20)21/h3-9H,10H2,1-2H3,(H,18,19)(H,20,21). The van der Waals surface area contributed by atoms with Crippen molar-refractivity contribution in [3.05, 3.63) is 53.6 Å². The van der Waals surface area contributed by atoms with E-state index in [2.05, 4.69) is 5.32 Å². The van der Waals surface area contributed by atoms with Crippen molar-refractivity contribution in [1.29, 1.82) is 0 Å². The maximum absolute atomic E-state index is 12.0. The lowest BCUT2D eigenvalue weighted by molar-refractivity contribution is -0.118. The molecule has 1 amide bonds. The zero-order chi connectivity index (χ0) is 16.8. The van der Waals surface area contributed by atoms with Gasteiger partial charge in [0.2, 0.25) is 0 Å². The minimum atomic E-state index is -1.11. The van der Waals surface area contributed by atoms with Gasteiger partial charge < -0.3 is 19.9 Å². The number of amides is 1. The normalized spacial score (nSPS) is 10.0. The Labute approximate surface area is 133 Å². The number of hydrogen-bond donors (Lipinski definition) is 2. The molecule has 6 nitrogen and oxygen atoms in total. The molecular formula is C17H17NO5. The topological polar surface area (TPSA) is 84.9 Å². The number of carbonyl (C=O) groups is 2. The van der Waals surface area contributed by atoms with Gasteiger partial charge in [-0.2, -0.15) is 0 Å². The van der Waals surface area contributed by atoms with Gasteiger partial charge in [-0.25, -0.2) is 4.79 Å². The highest BCUT2D eigenvalue weighted by molar-refractivity contribution is 5.94. The number of anilines is 1. The number of para-hydroxylation sites is 1. The molecule has 0 aliphatic heterocycles. The first-order valence-corrected chi connectivity index (χ1v) is 6.91. The van der Waals surface area contributed by atoms with Gasteiger partial charge in [0.25, 0.3) is 5.91 Å². The molecule has 2 aromatic rings. The van der Waals surface area contributed by atoms with E-state index in [1.54, 1.807) is 24.3 Å². The Bertz CT molecular complexity index is 727. The zero-order valence-corrected chi connectivity index (χ0v) is 12.8. The van der Waals surface area contributed by atoms with Gasteiger partial charge in [-0.3, -0.25) is 4.79 Å². The predicted octanol–water partition coefficient (Wildman–Crippen LogP) is 2.72. The third kappa shape index (κ3) is 4.23. The van der Waals surface area contributed by atoms with E-state index in [4.69, 9.17) is 14.6 Å². The first-order valence-electron chi connectivity index (χ1n) is 6.91. The molecule has 0 aliphatic rings. The van der Waals surface area contributed by atoms with Crippen LogP contribution in [0.25, 0.3) is 0 Å². The van der Waals surface area contributed by atoms with Crippen LogP contribution in [0.15, 0.2) is 42.5 Å². The molecule has 0 aliphatic carbocycles. The van der Waals surface area contributed by atoms with Crippen LogP contribution in [0.3, 0.4) is 0 Å². The average Bonchev–Trinajstić information content (AvgIpc) is 2.53. The summed E-state index contributed by atoms with van der Waals surface area (Å²) >= 11 is 0. The number of aryl methyl sites for hydroxylation is 1. The van der Waals surface area contributed by atoms with Crippen molar-refractivity contribution in [2.45, 2.75) is 6.92 Å². The molecule has 2 rings (SSSR count). The third-order valence-corrected chi connectivity index (χ3v) is 3.11. The summed E-state index contributed by atoms with van der Waals surface area (Å²) in [7, 11) is 1.51. The molecule has 0 saturated carbocycles. The molecule has 6 heteroatoms. The van der Waals surface area contributed by atoms with Crippen molar-refractivity contribution in [3.8, 4) is 11.5 Å². The highest BCUT2D eigenvalue weighted by atomic mass is 16.5. The smallest absolute Gasteiger partial charge is 0.339 e. The summed E-state index contributed by atoms with van der Waals surface area (Å²) in [6, 6.07) is 11.6. The average molecular weight is 315 g/mol. The Morgan fingerprint density at radius 1 is 1.13 bits per heavy atom. The summed E-state index contributed by atoms with van der Waals surface area (Å²) in [5.41, 5.74) is 1.51. The van der Waals surface area contributed by atoms with Crippen LogP contribution >= 0.6 is 0 Å². The van der Waals surface area contributed by atoms with Crippen molar-refractivity contribution in [3.63, 3.8) is 0 Å². The van der Waals surface area contributed by atoms with Crippen molar-refractivity contribution < 1.29 is 24.2 Å². The third-order valence-electron chi connectivity index (χ3n) is 3.11. The number of methoxy groups -OCH3 is 1. The van der Waals surface area contributed by atoms with Gasteiger partial charge in [0.05, 0.1) is 12.8 Å². The largest absolute Gasteiger partial charge is 0.495 e. The molecule has 120 valence electrons. The van der Waals surface area contributed by atoms with Gasteiger partial charge in [-0.15, -0.1) is 0 Å². The van der Waals surface area contributed by atoms with Gasteiger partial charge in [0.15, 0.2) is 6.61 Å². The fourth-order valence-corrected chi connectivity index (χ4v) is 2.02. The number of carboxylic acid groups (broad SMARTS) is 1. The second kappa shape index (κ2) is 7.31. The summed E-state index contributed by atoms with van der Waals surface area (Å²) in [6.07, 6.45) is 0. The predicted molar refractivity (Wildman–Crippen MR) is 85.3 cm³/mol. The molecular weight excluding hydrogens is 298 g/mol. The fraction of sp³-hybridized carbons (Fsp3) is 0.176. The van der Waals surface area contributed by atoms with Gasteiger partial charge in [0.1, 0.15) is 17.1 Å². The highest BCUT2D eigenvalue weighted by Gasteiger charge is 2.13. The van der Waals surface area contributed by atoms with E-state index in [0.717, 1.165) is 5.56 Å². The van der Waals surface area contributed by atoms with Crippen LogP contribution in [0.4, 0.5) is 5.69 Å². The molecule has 23 heavy (non-hydrogen) atoms. The molecule has 0 unspecified atom stereocenters.